The van der Waals surface area contributed by atoms with Crippen LogP contribution in [-0.2, 0) is 16.0 Å². The van der Waals surface area contributed by atoms with Crippen molar-refractivity contribution >= 4 is 18.0 Å². The van der Waals surface area contributed by atoms with Crippen LogP contribution >= 0.6 is 0 Å². The van der Waals surface area contributed by atoms with Crippen LogP contribution in [0.25, 0.3) is 0 Å². The molecule has 0 unspecified atom stereocenters. The minimum absolute atomic E-state index is 0.0784. The van der Waals surface area contributed by atoms with Gasteiger partial charge in [0, 0.05) is 29.7 Å². The summed E-state index contributed by atoms with van der Waals surface area (Å²) < 4.78 is 0. The third kappa shape index (κ3) is 31.3. The number of aryl methyl sites for hydroxylation is 1. The van der Waals surface area contributed by atoms with Gasteiger partial charge in [0.15, 0.2) is 5.78 Å². The standard InChI is InChI=1S/C18H16O.C7H16.C5H11NO.C4H10.C2H4O.C2H6/c1-3-15-4-6-16(7-5-15)8-9-17-10-12-18(13-11-17)14(2)19;1-3-5-7-6-4-2;1-4(2)5(7)6-3;1-3-4-2;1-2-3;1-2/h4-7,10-13H,3H2,1-2H3;3-7H2,1-2H3;4H,1-3H3,(H,6,7);3-4H2,1-2H3;2H,1H3;1-2H3. The van der Waals surface area contributed by atoms with Crippen molar-refractivity contribution in [3.63, 3.8) is 0 Å². The first-order valence-electron chi connectivity index (χ1n) is 15.9. The molecule has 2 aromatic carbocycles. The second-order valence-electron chi connectivity index (χ2n) is 9.50. The molecule has 0 bridgehead atoms. The van der Waals surface area contributed by atoms with Gasteiger partial charge in [-0.15, -0.1) is 0 Å². The molecule has 0 atom stereocenters. The molecular formula is C38H63NO3. The second-order valence-corrected chi connectivity index (χ2v) is 9.50. The maximum Gasteiger partial charge on any atom is 0.222 e. The smallest absolute Gasteiger partial charge is 0.222 e. The molecule has 0 aliphatic heterocycles. The summed E-state index contributed by atoms with van der Waals surface area (Å²) in [6.45, 7) is 21.7. The van der Waals surface area contributed by atoms with Crippen LogP contribution in [0.15, 0.2) is 48.5 Å². The number of rotatable bonds is 8. The summed E-state index contributed by atoms with van der Waals surface area (Å²) in [6.07, 6.45) is 11.4. The highest BCUT2D eigenvalue weighted by Gasteiger charge is 2.00. The Bertz CT molecular complexity index is 927. The molecule has 0 aliphatic rings. The minimum atomic E-state index is 0.0784. The molecule has 0 fully saturated rings. The SMILES string of the molecule is CC.CC=O.CCCC.CCCCCCC.CCc1ccc(C#Cc2ccc(C(C)=O)cc2)cc1.CNC(=O)C(C)C. The minimum Gasteiger partial charge on any atom is -0.359 e. The van der Waals surface area contributed by atoms with E-state index in [0.717, 1.165) is 29.4 Å². The third-order valence-corrected chi connectivity index (χ3v) is 5.48. The van der Waals surface area contributed by atoms with Gasteiger partial charge in [-0.2, -0.15) is 0 Å². The molecule has 0 saturated heterocycles. The fraction of sp³-hybridized carbons (Fsp3) is 0.553. The molecule has 0 heterocycles. The van der Waals surface area contributed by atoms with E-state index in [2.05, 4.69) is 63.9 Å². The van der Waals surface area contributed by atoms with Gasteiger partial charge in [0.05, 0.1) is 0 Å². The first-order valence-corrected chi connectivity index (χ1v) is 15.9. The van der Waals surface area contributed by atoms with Crippen LogP contribution in [0.2, 0.25) is 0 Å². The van der Waals surface area contributed by atoms with Crippen molar-refractivity contribution in [1.82, 2.24) is 5.32 Å². The van der Waals surface area contributed by atoms with Crippen LogP contribution in [0.4, 0.5) is 0 Å². The predicted octanol–water partition coefficient (Wildman–Crippen LogP) is 10.3. The lowest BCUT2D eigenvalue weighted by Crippen LogP contribution is -2.22. The normalized spacial score (nSPS) is 8.60. The van der Waals surface area contributed by atoms with E-state index in [4.69, 9.17) is 4.79 Å². The number of benzene rings is 2. The first kappa shape index (κ1) is 45.8. The van der Waals surface area contributed by atoms with Gasteiger partial charge in [-0.05, 0) is 50.1 Å². The molecule has 0 saturated carbocycles. The number of hydrogen-bond donors (Lipinski definition) is 1. The molecule has 0 aliphatic carbocycles. The Balaban J connectivity index is -0.000000260. The van der Waals surface area contributed by atoms with Crippen LogP contribution in [0.5, 0.6) is 0 Å². The quantitative estimate of drug-likeness (QED) is 0.146. The Hall–Kier alpha value is -3.19. The largest absolute Gasteiger partial charge is 0.359 e. The molecule has 1 amide bonds. The Labute approximate surface area is 260 Å². The lowest BCUT2D eigenvalue weighted by Gasteiger charge is -1.98. The van der Waals surface area contributed by atoms with Gasteiger partial charge in [0.25, 0.3) is 0 Å². The Morgan fingerprint density at radius 1 is 0.738 bits per heavy atom. The van der Waals surface area contributed by atoms with E-state index >= 15 is 0 Å². The zero-order chi connectivity index (χ0) is 33.2. The Morgan fingerprint density at radius 2 is 1.12 bits per heavy atom. The zero-order valence-corrected chi connectivity index (χ0v) is 29.2. The van der Waals surface area contributed by atoms with Gasteiger partial charge in [-0.1, -0.05) is 143 Å². The molecule has 0 aromatic heterocycles. The average molecular weight is 582 g/mol. The number of carbonyl (C=O) groups is 3. The van der Waals surface area contributed by atoms with Gasteiger partial charge < -0.3 is 10.1 Å². The average Bonchev–Trinajstić information content (AvgIpc) is 3.02. The van der Waals surface area contributed by atoms with E-state index in [1.807, 2.05) is 64.1 Å². The van der Waals surface area contributed by atoms with Crippen molar-refractivity contribution in [2.75, 3.05) is 7.05 Å². The molecule has 2 rings (SSSR count). The van der Waals surface area contributed by atoms with E-state index < -0.39 is 0 Å². The van der Waals surface area contributed by atoms with E-state index in [1.165, 1.54) is 57.4 Å². The van der Waals surface area contributed by atoms with Gasteiger partial charge in [0.2, 0.25) is 5.91 Å². The Kier molecular flexibility index (Phi) is 39.1. The second kappa shape index (κ2) is 35.8. The summed E-state index contributed by atoms with van der Waals surface area (Å²) in [6, 6.07) is 15.7. The third-order valence-electron chi connectivity index (χ3n) is 5.48. The molecule has 2 aromatic rings. The van der Waals surface area contributed by atoms with Crippen molar-refractivity contribution < 1.29 is 14.4 Å². The molecule has 0 radical (unpaired) electrons. The summed E-state index contributed by atoms with van der Waals surface area (Å²) in [5, 5.41) is 2.53. The van der Waals surface area contributed by atoms with Crippen LogP contribution < -0.4 is 5.32 Å². The predicted molar refractivity (Wildman–Crippen MR) is 185 cm³/mol. The summed E-state index contributed by atoms with van der Waals surface area (Å²) in [7, 11) is 1.64. The number of hydrogen-bond acceptors (Lipinski definition) is 3. The summed E-state index contributed by atoms with van der Waals surface area (Å²) >= 11 is 0. The number of amides is 1. The first-order chi connectivity index (χ1) is 20.1. The van der Waals surface area contributed by atoms with Gasteiger partial charge in [0.1, 0.15) is 6.29 Å². The van der Waals surface area contributed by atoms with Crippen molar-refractivity contribution in [2.24, 2.45) is 5.92 Å². The van der Waals surface area contributed by atoms with E-state index in [0.29, 0.717) is 0 Å². The molecule has 1 N–H and O–H groups in total. The van der Waals surface area contributed by atoms with E-state index in [1.54, 1.807) is 14.0 Å². The van der Waals surface area contributed by atoms with Crippen LogP contribution in [-0.4, -0.2) is 25.0 Å². The maximum atomic E-state index is 11.2. The van der Waals surface area contributed by atoms with Crippen molar-refractivity contribution in [1.29, 1.82) is 0 Å². The molecule has 238 valence electrons. The summed E-state index contributed by atoms with van der Waals surface area (Å²) in [5.41, 5.74) is 3.96. The molecular weight excluding hydrogens is 518 g/mol. The highest BCUT2D eigenvalue weighted by atomic mass is 16.1. The maximum absolute atomic E-state index is 11.2. The van der Waals surface area contributed by atoms with E-state index in [9.17, 15) is 9.59 Å². The highest BCUT2D eigenvalue weighted by Crippen LogP contribution is 2.06. The number of unbranched alkanes of at least 4 members (excludes halogenated alkanes) is 5. The molecule has 4 nitrogen and oxygen atoms in total. The lowest BCUT2D eigenvalue weighted by atomic mass is 10.1. The Morgan fingerprint density at radius 3 is 1.36 bits per heavy atom. The van der Waals surface area contributed by atoms with Gasteiger partial charge >= 0.3 is 0 Å². The molecule has 42 heavy (non-hydrogen) atoms. The summed E-state index contributed by atoms with van der Waals surface area (Å²) in [5.74, 6) is 6.52. The highest BCUT2D eigenvalue weighted by molar-refractivity contribution is 5.94. The number of aldehydes is 1. The summed E-state index contributed by atoms with van der Waals surface area (Å²) in [4.78, 5) is 30.4. The van der Waals surface area contributed by atoms with Crippen LogP contribution in [0.1, 0.15) is 148 Å². The van der Waals surface area contributed by atoms with E-state index in [-0.39, 0.29) is 17.6 Å². The van der Waals surface area contributed by atoms with Crippen LogP contribution in [0, 0.1) is 17.8 Å². The number of Topliss-reactive ketones (excluding diaryl/α,β-unsaturated/α-hetero) is 1. The number of ketones is 1. The van der Waals surface area contributed by atoms with Gasteiger partial charge in [-0.25, -0.2) is 0 Å². The van der Waals surface area contributed by atoms with Crippen LogP contribution in [0.3, 0.4) is 0 Å². The molecule has 4 heteroatoms. The fourth-order valence-corrected chi connectivity index (χ4v) is 2.72. The lowest BCUT2D eigenvalue weighted by molar-refractivity contribution is -0.123. The molecule has 0 spiro atoms. The van der Waals surface area contributed by atoms with Gasteiger partial charge in [-0.3, -0.25) is 9.59 Å². The fourth-order valence-electron chi connectivity index (χ4n) is 2.72. The number of carbonyl (C=O) groups excluding carboxylic acids is 3. The topological polar surface area (TPSA) is 63.2 Å². The van der Waals surface area contributed by atoms with Crippen molar-refractivity contribution in [3.8, 4) is 11.8 Å². The number of nitrogens with one attached hydrogen (secondary N) is 1. The van der Waals surface area contributed by atoms with Crippen molar-refractivity contribution in [2.45, 2.75) is 128 Å². The zero-order valence-electron chi connectivity index (χ0n) is 29.2. The monoisotopic (exact) mass is 581 g/mol. The van der Waals surface area contributed by atoms with Crippen molar-refractivity contribution in [3.05, 3.63) is 70.8 Å².